The fourth-order valence-electron chi connectivity index (χ4n) is 1.97. The molecule has 0 bridgehead atoms. The van der Waals surface area contributed by atoms with Crippen molar-refractivity contribution >= 4 is 49.1 Å². The number of aryl methyl sites for hydroxylation is 1. The molecule has 1 unspecified atom stereocenters. The van der Waals surface area contributed by atoms with Crippen LogP contribution in [0.4, 0.5) is 10.1 Å². The van der Waals surface area contributed by atoms with Gasteiger partial charge in [0.2, 0.25) is 0 Å². The van der Waals surface area contributed by atoms with Gasteiger partial charge in [-0.2, -0.15) is 0 Å². The fourth-order valence-corrected chi connectivity index (χ4v) is 3.15. The maximum Gasteiger partial charge on any atom is 0.137 e. The summed E-state index contributed by atoms with van der Waals surface area (Å²) < 4.78 is 14.8. The van der Waals surface area contributed by atoms with Crippen LogP contribution in [0.15, 0.2) is 39.3 Å². The van der Waals surface area contributed by atoms with E-state index >= 15 is 0 Å². The van der Waals surface area contributed by atoms with E-state index in [1.54, 1.807) is 6.07 Å². The first kappa shape index (κ1) is 15.8. The Labute approximate surface area is 139 Å². The number of hydrogen-bond acceptors (Lipinski definition) is 1. The van der Waals surface area contributed by atoms with E-state index in [1.807, 2.05) is 32.0 Å². The lowest BCUT2D eigenvalue weighted by molar-refractivity contribution is 0.620. The zero-order chi connectivity index (χ0) is 14.9. The molecule has 0 aliphatic carbocycles. The molecule has 0 heterocycles. The summed E-state index contributed by atoms with van der Waals surface area (Å²) in [4.78, 5) is 0. The van der Waals surface area contributed by atoms with Crippen molar-refractivity contribution in [1.82, 2.24) is 0 Å². The molecule has 0 saturated heterocycles. The molecule has 2 aromatic carbocycles. The first-order chi connectivity index (χ1) is 9.38. The van der Waals surface area contributed by atoms with E-state index in [2.05, 4.69) is 37.2 Å². The van der Waals surface area contributed by atoms with E-state index in [0.29, 0.717) is 9.50 Å². The van der Waals surface area contributed by atoms with E-state index in [0.717, 1.165) is 21.3 Å². The Kier molecular flexibility index (Phi) is 5.10. The van der Waals surface area contributed by atoms with Crippen molar-refractivity contribution in [2.24, 2.45) is 0 Å². The minimum absolute atomic E-state index is 0.0201. The molecule has 0 saturated carbocycles. The Balaban J connectivity index is 2.27. The van der Waals surface area contributed by atoms with Gasteiger partial charge in [-0.1, -0.05) is 33.6 Å². The maximum absolute atomic E-state index is 13.4. The molecule has 1 nitrogen and oxygen atoms in total. The SMILES string of the molecule is Cc1cc(F)c(Br)cc1NC(C)c1ccc(Br)cc1Cl. The normalized spacial score (nSPS) is 12.3. The standard InChI is InChI=1S/C15H13Br2ClFN/c1-8-5-14(19)12(17)7-15(8)20-9(2)11-4-3-10(16)6-13(11)18/h3-7,9,20H,1-2H3. The third-order valence-electron chi connectivity index (χ3n) is 3.07. The Hall–Kier alpha value is -0.580. The van der Waals surface area contributed by atoms with Crippen LogP contribution in [0, 0.1) is 12.7 Å². The van der Waals surface area contributed by atoms with Crippen LogP contribution in [0.2, 0.25) is 5.02 Å². The second kappa shape index (κ2) is 6.46. The van der Waals surface area contributed by atoms with Crippen molar-refractivity contribution in [3.8, 4) is 0 Å². The molecule has 0 aromatic heterocycles. The smallest absolute Gasteiger partial charge is 0.137 e. The highest BCUT2D eigenvalue weighted by atomic mass is 79.9. The van der Waals surface area contributed by atoms with Crippen LogP contribution in [-0.2, 0) is 0 Å². The molecule has 0 fully saturated rings. The van der Waals surface area contributed by atoms with Gasteiger partial charge in [0, 0.05) is 15.2 Å². The molecule has 0 aliphatic rings. The summed E-state index contributed by atoms with van der Waals surface area (Å²) in [5.74, 6) is -0.262. The molecular formula is C15H13Br2ClFN. The molecule has 106 valence electrons. The van der Waals surface area contributed by atoms with Gasteiger partial charge >= 0.3 is 0 Å². The number of nitrogens with one attached hydrogen (secondary N) is 1. The molecule has 1 atom stereocenters. The summed E-state index contributed by atoms with van der Waals surface area (Å²) in [6.45, 7) is 3.89. The molecule has 2 aromatic rings. The quantitative estimate of drug-likeness (QED) is 0.598. The summed E-state index contributed by atoms with van der Waals surface area (Å²) in [6, 6.07) is 9.05. The Morgan fingerprint density at radius 1 is 1.20 bits per heavy atom. The lowest BCUT2D eigenvalue weighted by atomic mass is 10.1. The lowest BCUT2D eigenvalue weighted by Crippen LogP contribution is -2.08. The molecule has 0 radical (unpaired) electrons. The number of hydrogen-bond donors (Lipinski definition) is 1. The van der Waals surface area contributed by atoms with Crippen LogP contribution in [0.1, 0.15) is 24.1 Å². The van der Waals surface area contributed by atoms with E-state index < -0.39 is 0 Å². The van der Waals surface area contributed by atoms with E-state index in [9.17, 15) is 4.39 Å². The Bertz CT molecular complexity index is 646. The molecule has 2 rings (SSSR count). The predicted octanol–water partition coefficient (Wildman–Crippen LogP) is 6.49. The number of anilines is 1. The highest BCUT2D eigenvalue weighted by Gasteiger charge is 2.12. The van der Waals surface area contributed by atoms with Crippen LogP contribution in [-0.4, -0.2) is 0 Å². The summed E-state index contributed by atoms with van der Waals surface area (Å²) in [5.41, 5.74) is 2.73. The molecule has 5 heteroatoms. The number of rotatable bonds is 3. The van der Waals surface area contributed by atoms with Crippen molar-refractivity contribution < 1.29 is 4.39 Å². The first-order valence-electron chi connectivity index (χ1n) is 6.05. The fraction of sp³-hybridized carbons (Fsp3) is 0.200. The highest BCUT2D eigenvalue weighted by molar-refractivity contribution is 9.10. The van der Waals surface area contributed by atoms with Gasteiger partial charge in [-0.05, 0) is 65.2 Å². The Morgan fingerprint density at radius 3 is 2.55 bits per heavy atom. The highest BCUT2D eigenvalue weighted by Crippen LogP contribution is 2.31. The molecule has 1 N–H and O–H groups in total. The van der Waals surface area contributed by atoms with Gasteiger partial charge in [0.25, 0.3) is 0 Å². The van der Waals surface area contributed by atoms with Gasteiger partial charge < -0.3 is 5.32 Å². The van der Waals surface area contributed by atoms with Crippen molar-refractivity contribution in [1.29, 1.82) is 0 Å². The predicted molar refractivity (Wildman–Crippen MR) is 90.0 cm³/mol. The van der Waals surface area contributed by atoms with Gasteiger partial charge in [-0.15, -0.1) is 0 Å². The average molecular weight is 422 g/mol. The van der Waals surface area contributed by atoms with Crippen LogP contribution < -0.4 is 5.32 Å². The summed E-state index contributed by atoms with van der Waals surface area (Å²) >= 11 is 12.8. The van der Waals surface area contributed by atoms with Crippen LogP contribution >= 0.6 is 43.5 Å². The molecule has 0 aliphatic heterocycles. The molecule has 0 spiro atoms. The van der Waals surface area contributed by atoms with E-state index in [-0.39, 0.29) is 11.9 Å². The van der Waals surface area contributed by atoms with Crippen LogP contribution in [0.3, 0.4) is 0 Å². The monoisotopic (exact) mass is 419 g/mol. The summed E-state index contributed by atoms with van der Waals surface area (Å²) in [7, 11) is 0. The minimum atomic E-state index is -0.262. The average Bonchev–Trinajstić information content (AvgIpc) is 2.35. The zero-order valence-corrected chi connectivity index (χ0v) is 14.9. The Morgan fingerprint density at radius 2 is 1.90 bits per heavy atom. The van der Waals surface area contributed by atoms with Gasteiger partial charge in [0.15, 0.2) is 0 Å². The van der Waals surface area contributed by atoms with Crippen LogP contribution in [0.25, 0.3) is 0 Å². The number of benzene rings is 2. The second-order valence-corrected chi connectivity index (χ2v) is 6.79. The third kappa shape index (κ3) is 3.54. The maximum atomic E-state index is 13.4. The van der Waals surface area contributed by atoms with E-state index in [4.69, 9.17) is 11.6 Å². The van der Waals surface area contributed by atoms with Gasteiger partial charge in [-0.25, -0.2) is 4.39 Å². The molecule has 0 amide bonds. The van der Waals surface area contributed by atoms with Crippen LogP contribution in [0.5, 0.6) is 0 Å². The number of halogens is 4. The van der Waals surface area contributed by atoms with Crippen molar-refractivity contribution in [2.45, 2.75) is 19.9 Å². The van der Waals surface area contributed by atoms with Gasteiger partial charge in [0.05, 0.1) is 10.5 Å². The van der Waals surface area contributed by atoms with Gasteiger partial charge in [0.1, 0.15) is 5.82 Å². The third-order valence-corrected chi connectivity index (χ3v) is 4.50. The first-order valence-corrected chi connectivity index (χ1v) is 8.02. The molecular weight excluding hydrogens is 408 g/mol. The lowest BCUT2D eigenvalue weighted by Gasteiger charge is -2.19. The minimum Gasteiger partial charge on any atom is -0.378 e. The topological polar surface area (TPSA) is 12.0 Å². The van der Waals surface area contributed by atoms with Crippen molar-refractivity contribution in [3.63, 3.8) is 0 Å². The van der Waals surface area contributed by atoms with Crippen molar-refractivity contribution in [3.05, 3.63) is 61.2 Å². The van der Waals surface area contributed by atoms with Crippen molar-refractivity contribution in [2.75, 3.05) is 5.32 Å². The van der Waals surface area contributed by atoms with E-state index in [1.165, 1.54) is 6.07 Å². The molecule has 20 heavy (non-hydrogen) atoms. The summed E-state index contributed by atoms with van der Waals surface area (Å²) in [5, 5.41) is 4.05. The summed E-state index contributed by atoms with van der Waals surface area (Å²) in [6.07, 6.45) is 0. The second-order valence-electron chi connectivity index (χ2n) is 4.61. The largest absolute Gasteiger partial charge is 0.378 e. The zero-order valence-electron chi connectivity index (χ0n) is 11.0. The van der Waals surface area contributed by atoms with Gasteiger partial charge in [-0.3, -0.25) is 0 Å².